The van der Waals surface area contributed by atoms with Crippen LogP contribution in [0, 0.1) is 0 Å². The largest absolute Gasteiger partial charge is 0.343 e. The summed E-state index contributed by atoms with van der Waals surface area (Å²) in [5, 5.41) is 4.66. The predicted octanol–water partition coefficient (Wildman–Crippen LogP) is 2.46. The van der Waals surface area contributed by atoms with Crippen LogP contribution in [0.3, 0.4) is 0 Å². The molecule has 1 aliphatic rings. The van der Waals surface area contributed by atoms with E-state index in [1.807, 2.05) is 0 Å². The first-order valence-electron chi connectivity index (χ1n) is 7.03. The van der Waals surface area contributed by atoms with Crippen LogP contribution in [0.25, 0.3) is 0 Å². The summed E-state index contributed by atoms with van der Waals surface area (Å²) in [6.07, 6.45) is 4.81. The summed E-state index contributed by atoms with van der Waals surface area (Å²) in [6, 6.07) is 1.13. The van der Waals surface area contributed by atoms with E-state index in [4.69, 9.17) is 0 Å². The molecule has 0 aliphatic carbocycles. The number of anilines is 1. The zero-order chi connectivity index (χ0) is 13.0. The van der Waals surface area contributed by atoms with Gasteiger partial charge in [-0.05, 0) is 19.3 Å². The van der Waals surface area contributed by atoms with Gasteiger partial charge in [0.2, 0.25) is 5.13 Å². The van der Waals surface area contributed by atoms with E-state index >= 15 is 0 Å². The summed E-state index contributed by atoms with van der Waals surface area (Å²) < 4.78 is 4.41. The Bertz CT molecular complexity index is 364. The van der Waals surface area contributed by atoms with Crippen LogP contribution >= 0.6 is 11.5 Å². The zero-order valence-electron chi connectivity index (χ0n) is 11.6. The average Bonchev–Trinajstić information content (AvgIpc) is 2.85. The zero-order valence-corrected chi connectivity index (χ0v) is 12.5. The minimum Gasteiger partial charge on any atom is -0.343 e. The third-order valence-corrected chi connectivity index (χ3v) is 4.20. The number of nitrogens with one attached hydrogen (secondary N) is 1. The van der Waals surface area contributed by atoms with E-state index < -0.39 is 0 Å². The Kier molecular flexibility index (Phi) is 4.95. The van der Waals surface area contributed by atoms with Gasteiger partial charge >= 0.3 is 0 Å². The van der Waals surface area contributed by atoms with Gasteiger partial charge in [0.25, 0.3) is 0 Å². The highest BCUT2D eigenvalue weighted by Gasteiger charge is 2.25. The van der Waals surface area contributed by atoms with Crippen molar-refractivity contribution in [2.24, 2.45) is 0 Å². The SMILES string of the molecule is CCc1nsc(N2CCCCC2CNC(C)C)n1. The Balaban J connectivity index is 2.02. The molecule has 1 aliphatic heterocycles. The third-order valence-electron chi connectivity index (χ3n) is 3.41. The minimum atomic E-state index is 0.550. The minimum absolute atomic E-state index is 0.550. The summed E-state index contributed by atoms with van der Waals surface area (Å²) in [5.74, 6) is 0.983. The molecule has 0 bridgehead atoms. The van der Waals surface area contributed by atoms with E-state index in [1.54, 1.807) is 11.5 Å². The lowest BCUT2D eigenvalue weighted by molar-refractivity contribution is 0.420. The normalized spacial score (nSPS) is 20.7. The Morgan fingerprint density at radius 2 is 2.28 bits per heavy atom. The molecule has 1 atom stereocenters. The molecule has 1 fully saturated rings. The van der Waals surface area contributed by atoms with Gasteiger partial charge in [-0.3, -0.25) is 0 Å². The van der Waals surface area contributed by atoms with E-state index in [0.29, 0.717) is 12.1 Å². The average molecular weight is 268 g/mol. The number of aryl methyl sites for hydroxylation is 1. The molecule has 1 aromatic rings. The molecule has 0 spiro atoms. The Hall–Kier alpha value is -0.680. The van der Waals surface area contributed by atoms with Crippen molar-refractivity contribution in [3.05, 3.63) is 5.82 Å². The summed E-state index contributed by atoms with van der Waals surface area (Å²) in [5.41, 5.74) is 0. The summed E-state index contributed by atoms with van der Waals surface area (Å²) >= 11 is 1.56. The van der Waals surface area contributed by atoms with Gasteiger partial charge in [-0.15, -0.1) is 0 Å². The fraction of sp³-hybridized carbons (Fsp3) is 0.846. The monoisotopic (exact) mass is 268 g/mol. The van der Waals surface area contributed by atoms with E-state index in [-0.39, 0.29) is 0 Å². The molecular weight excluding hydrogens is 244 g/mol. The summed E-state index contributed by atoms with van der Waals surface area (Å²) in [4.78, 5) is 7.09. The number of hydrogen-bond donors (Lipinski definition) is 1. The number of nitrogens with zero attached hydrogens (tertiary/aromatic N) is 3. The summed E-state index contributed by atoms with van der Waals surface area (Å²) in [7, 11) is 0. The van der Waals surface area contributed by atoms with Gasteiger partial charge in [0.15, 0.2) is 0 Å². The van der Waals surface area contributed by atoms with Crippen molar-refractivity contribution in [2.45, 2.75) is 58.5 Å². The Morgan fingerprint density at radius 1 is 1.44 bits per heavy atom. The lowest BCUT2D eigenvalue weighted by Crippen LogP contribution is -2.46. The van der Waals surface area contributed by atoms with E-state index in [9.17, 15) is 0 Å². The second kappa shape index (κ2) is 6.48. The maximum atomic E-state index is 4.64. The van der Waals surface area contributed by atoms with E-state index in [2.05, 4.69) is 40.3 Å². The first-order chi connectivity index (χ1) is 8.70. The van der Waals surface area contributed by atoms with Crippen LogP contribution in [0.4, 0.5) is 5.13 Å². The maximum Gasteiger partial charge on any atom is 0.205 e. The summed E-state index contributed by atoms with van der Waals surface area (Å²) in [6.45, 7) is 8.70. The second-order valence-corrected chi connectivity index (χ2v) is 5.98. The first-order valence-corrected chi connectivity index (χ1v) is 7.80. The molecule has 0 radical (unpaired) electrons. The quantitative estimate of drug-likeness (QED) is 0.890. The Morgan fingerprint density at radius 3 is 2.94 bits per heavy atom. The molecule has 1 saturated heterocycles. The molecule has 1 unspecified atom stereocenters. The van der Waals surface area contributed by atoms with Crippen molar-refractivity contribution in [2.75, 3.05) is 18.0 Å². The highest BCUT2D eigenvalue weighted by molar-refractivity contribution is 7.09. The van der Waals surface area contributed by atoms with Crippen molar-refractivity contribution in [1.82, 2.24) is 14.7 Å². The van der Waals surface area contributed by atoms with Gasteiger partial charge in [0.05, 0.1) is 0 Å². The van der Waals surface area contributed by atoms with E-state index in [0.717, 1.165) is 30.5 Å². The Labute approximate surface area is 114 Å². The van der Waals surface area contributed by atoms with Gasteiger partial charge in [-0.1, -0.05) is 20.8 Å². The van der Waals surface area contributed by atoms with Crippen molar-refractivity contribution in [1.29, 1.82) is 0 Å². The maximum absolute atomic E-state index is 4.64. The van der Waals surface area contributed by atoms with Crippen LogP contribution in [0.5, 0.6) is 0 Å². The molecule has 4 nitrogen and oxygen atoms in total. The van der Waals surface area contributed by atoms with Gasteiger partial charge < -0.3 is 10.2 Å². The molecule has 2 heterocycles. The molecule has 2 rings (SSSR count). The first kappa shape index (κ1) is 13.7. The van der Waals surface area contributed by atoms with Gasteiger partial charge in [-0.2, -0.15) is 4.37 Å². The number of aromatic nitrogens is 2. The van der Waals surface area contributed by atoms with Crippen molar-refractivity contribution in [3.63, 3.8) is 0 Å². The van der Waals surface area contributed by atoms with Gasteiger partial charge in [-0.25, -0.2) is 4.98 Å². The standard InChI is InChI=1S/C13H24N4S/c1-4-12-15-13(18-16-12)17-8-6-5-7-11(17)9-14-10(2)3/h10-11,14H,4-9H2,1-3H3. The molecule has 0 amide bonds. The fourth-order valence-corrected chi connectivity index (χ4v) is 3.19. The van der Waals surface area contributed by atoms with Crippen LogP contribution < -0.4 is 10.2 Å². The molecule has 1 aromatic heterocycles. The molecule has 1 N–H and O–H groups in total. The van der Waals surface area contributed by atoms with Crippen LogP contribution in [0.15, 0.2) is 0 Å². The number of piperidine rings is 1. The predicted molar refractivity (Wildman–Crippen MR) is 77.4 cm³/mol. The second-order valence-electron chi connectivity index (χ2n) is 5.25. The van der Waals surface area contributed by atoms with E-state index in [1.165, 1.54) is 19.3 Å². The highest BCUT2D eigenvalue weighted by atomic mass is 32.1. The highest BCUT2D eigenvalue weighted by Crippen LogP contribution is 2.26. The smallest absolute Gasteiger partial charge is 0.205 e. The molecule has 0 saturated carbocycles. The molecule has 102 valence electrons. The lowest BCUT2D eigenvalue weighted by Gasteiger charge is -2.35. The number of hydrogen-bond acceptors (Lipinski definition) is 5. The topological polar surface area (TPSA) is 41.1 Å². The van der Waals surface area contributed by atoms with Crippen LogP contribution in [0.1, 0.15) is 45.9 Å². The molecule has 5 heteroatoms. The van der Waals surface area contributed by atoms with Crippen LogP contribution in [0.2, 0.25) is 0 Å². The number of rotatable bonds is 5. The van der Waals surface area contributed by atoms with Crippen molar-refractivity contribution >= 4 is 16.7 Å². The third kappa shape index (κ3) is 3.42. The van der Waals surface area contributed by atoms with Gasteiger partial charge in [0.1, 0.15) is 5.82 Å². The fourth-order valence-electron chi connectivity index (χ4n) is 2.34. The van der Waals surface area contributed by atoms with Crippen molar-refractivity contribution in [3.8, 4) is 0 Å². The molecule has 18 heavy (non-hydrogen) atoms. The molecule has 0 aromatic carbocycles. The van der Waals surface area contributed by atoms with Gasteiger partial charge in [0, 0.05) is 43.1 Å². The van der Waals surface area contributed by atoms with Crippen LogP contribution in [-0.2, 0) is 6.42 Å². The lowest BCUT2D eigenvalue weighted by atomic mass is 10.0. The molecular formula is C13H24N4S. The van der Waals surface area contributed by atoms with Crippen LogP contribution in [-0.4, -0.2) is 34.5 Å². The van der Waals surface area contributed by atoms with Crippen molar-refractivity contribution < 1.29 is 0 Å².